The maximum absolute atomic E-state index is 4.51. The quantitative estimate of drug-likeness (QED) is 0.890. The summed E-state index contributed by atoms with van der Waals surface area (Å²) in [6.07, 6.45) is 3.07. The van der Waals surface area contributed by atoms with Gasteiger partial charge in [0.05, 0.1) is 5.69 Å². The van der Waals surface area contributed by atoms with Crippen LogP contribution < -0.4 is 5.32 Å². The van der Waals surface area contributed by atoms with Crippen molar-refractivity contribution in [3.8, 4) is 0 Å². The third kappa shape index (κ3) is 2.90. The van der Waals surface area contributed by atoms with Gasteiger partial charge in [0.25, 0.3) is 0 Å². The van der Waals surface area contributed by atoms with E-state index >= 15 is 0 Å². The highest BCUT2D eigenvalue weighted by Gasteiger charge is 2.34. The second kappa shape index (κ2) is 5.37. The van der Waals surface area contributed by atoms with Crippen LogP contribution in [0.15, 0.2) is 24.4 Å². The largest absolute Gasteiger partial charge is 0.309 e. The molecule has 0 radical (unpaired) electrons. The lowest BCUT2D eigenvalue weighted by Gasteiger charge is -2.47. The van der Waals surface area contributed by atoms with Crippen molar-refractivity contribution in [1.29, 1.82) is 0 Å². The van der Waals surface area contributed by atoms with E-state index in [2.05, 4.69) is 55.0 Å². The lowest BCUT2D eigenvalue weighted by Crippen LogP contribution is -2.61. The van der Waals surface area contributed by atoms with Gasteiger partial charge in [-0.1, -0.05) is 13.0 Å². The van der Waals surface area contributed by atoms with Gasteiger partial charge in [-0.2, -0.15) is 0 Å². The highest BCUT2D eigenvalue weighted by Crippen LogP contribution is 2.27. The Bertz CT molecular complexity index is 375. The van der Waals surface area contributed by atoms with Gasteiger partial charge in [-0.25, -0.2) is 0 Å². The minimum absolute atomic E-state index is 0.189. The normalized spacial score (nSPS) is 25.9. The molecule has 3 nitrogen and oxygen atoms in total. The third-order valence-corrected chi connectivity index (χ3v) is 3.95. The number of piperazine rings is 1. The van der Waals surface area contributed by atoms with E-state index in [0.29, 0.717) is 12.1 Å². The van der Waals surface area contributed by atoms with Crippen LogP contribution >= 0.6 is 0 Å². The standard InChI is InChI=1S/C15H25N3/c1-5-13-10-17-15(3,4)11-18(13)12(2)14-8-6-7-9-16-14/h6-9,12-13,17H,5,10-11H2,1-4H3. The van der Waals surface area contributed by atoms with Gasteiger partial charge in [0, 0.05) is 36.9 Å². The molecule has 0 bridgehead atoms. The molecule has 1 aromatic rings. The van der Waals surface area contributed by atoms with Crippen LogP contribution in [0.5, 0.6) is 0 Å². The Labute approximate surface area is 111 Å². The minimum atomic E-state index is 0.189. The summed E-state index contributed by atoms with van der Waals surface area (Å²) in [5.74, 6) is 0. The molecule has 2 heterocycles. The molecule has 1 aliphatic rings. The molecule has 18 heavy (non-hydrogen) atoms. The van der Waals surface area contributed by atoms with Gasteiger partial charge in [-0.15, -0.1) is 0 Å². The first kappa shape index (κ1) is 13.5. The number of pyridine rings is 1. The minimum Gasteiger partial charge on any atom is -0.309 e. The number of nitrogens with zero attached hydrogens (tertiary/aromatic N) is 2. The molecule has 1 N–H and O–H groups in total. The summed E-state index contributed by atoms with van der Waals surface area (Å²) in [7, 11) is 0. The summed E-state index contributed by atoms with van der Waals surface area (Å²) in [5.41, 5.74) is 1.36. The summed E-state index contributed by atoms with van der Waals surface area (Å²) in [6, 6.07) is 7.18. The summed E-state index contributed by atoms with van der Waals surface area (Å²) >= 11 is 0. The summed E-state index contributed by atoms with van der Waals surface area (Å²) in [4.78, 5) is 7.10. The molecule has 0 amide bonds. The first-order valence-corrected chi connectivity index (χ1v) is 6.95. The second-order valence-corrected chi connectivity index (χ2v) is 5.93. The molecular weight excluding hydrogens is 222 g/mol. The Morgan fingerprint density at radius 2 is 2.28 bits per heavy atom. The number of nitrogens with one attached hydrogen (secondary N) is 1. The third-order valence-electron chi connectivity index (χ3n) is 3.95. The van der Waals surface area contributed by atoms with Crippen LogP contribution in [-0.4, -0.2) is 34.6 Å². The molecule has 0 aliphatic carbocycles. The molecule has 1 saturated heterocycles. The predicted molar refractivity (Wildman–Crippen MR) is 75.5 cm³/mol. The van der Waals surface area contributed by atoms with E-state index in [1.807, 2.05) is 12.3 Å². The van der Waals surface area contributed by atoms with E-state index in [1.165, 1.54) is 12.1 Å². The number of hydrogen-bond donors (Lipinski definition) is 1. The SMILES string of the molecule is CCC1CNC(C)(C)CN1C(C)c1ccccn1. The summed E-state index contributed by atoms with van der Waals surface area (Å²) < 4.78 is 0. The van der Waals surface area contributed by atoms with Crippen LogP contribution in [0.2, 0.25) is 0 Å². The lowest BCUT2D eigenvalue weighted by molar-refractivity contribution is 0.0565. The molecular formula is C15H25N3. The van der Waals surface area contributed by atoms with E-state index in [1.54, 1.807) is 0 Å². The topological polar surface area (TPSA) is 28.2 Å². The maximum atomic E-state index is 4.51. The van der Waals surface area contributed by atoms with Gasteiger partial charge < -0.3 is 5.32 Å². The predicted octanol–water partition coefficient (Wildman–Crippen LogP) is 2.61. The summed E-state index contributed by atoms with van der Waals surface area (Å²) in [6.45, 7) is 11.2. The average molecular weight is 247 g/mol. The molecule has 100 valence electrons. The average Bonchev–Trinajstić information content (AvgIpc) is 2.38. The van der Waals surface area contributed by atoms with Crippen molar-refractivity contribution in [3.05, 3.63) is 30.1 Å². The Morgan fingerprint density at radius 3 is 2.89 bits per heavy atom. The van der Waals surface area contributed by atoms with E-state index in [9.17, 15) is 0 Å². The Kier molecular flexibility index (Phi) is 4.03. The van der Waals surface area contributed by atoms with Gasteiger partial charge >= 0.3 is 0 Å². The van der Waals surface area contributed by atoms with Crippen LogP contribution in [0.1, 0.15) is 45.9 Å². The Hall–Kier alpha value is -0.930. The smallest absolute Gasteiger partial charge is 0.0572 e. The fraction of sp³-hybridized carbons (Fsp3) is 0.667. The molecule has 0 aromatic carbocycles. The number of hydrogen-bond acceptors (Lipinski definition) is 3. The lowest BCUT2D eigenvalue weighted by atomic mass is 9.95. The van der Waals surface area contributed by atoms with Crippen LogP contribution in [0.25, 0.3) is 0 Å². The van der Waals surface area contributed by atoms with Gasteiger partial charge in [0.1, 0.15) is 0 Å². The van der Waals surface area contributed by atoms with Crippen molar-refractivity contribution < 1.29 is 0 Å². The molecule has 0 spiro atoms. The van der Waals surface area contributed by atoms with Crippen LogP contribution in [0.3, 0.4) is 0 Å². The Morgan fingerprint density at radius 1 is 1.50 bits per heavy atom. The van der Waals surface area contributed by atoms with Gasteiger partial charge in [-0.05, 0) is 39.3 Å². The van der Waals surface area contributed by atoms with Crippen molar-refractivity contribution >= 4 is 0 Å². The second-order valence-electron chi connectivity index (χ2n) is 5.93. The molecule has 1 aliphatic heterocycles. The first-order valence-electron chi connectivity index (χ1n) is 6.95. The highest BCUT2D eigenvalue weighted by atomic mass is 15.3. The molecule has 0 saturated carbocycles. The first-order chi connectivity index (χ1) is 8.53. The molecule has 3 heteroatoms. The fourth-order valence-electron chi connectivity index (χ4n) is 2.78. The maximum Gasteiger partial charge on any atom is 0.0572 e. The Balaban J connectivity index is 2.18. The molecule has 1 fully saturated rings. The monoisotopic (exact) mass is 247 g/mol. The zero-order chi connectivity index (χ0) is 13.2. The number of rotatable bonds is 3. The molecule has 1 aromatic heterocycles. The van der Waals surface area contributed by atoms with E-state index in [4.69, 9.17) is 0 Å². The molecule has 2 atom stereocenters. The van der Waals surface area contributed by atoms with Crippen molar-refractivity contribution in [2.45, 2.75) is 51.7 Å². The van der Waals surface area contributed by atoms with Crippen molar-refractivity contribution in [2.75, 3.05) is 13.1 Å². The molecule has 2 rings (SSSR count). The number of aromatic nitrogens is 1. The fourth-order valence-corrected chi connectivity index (χ4v) is 2.78. The van der Waals surface area contributed by atoms with Crippen LogP contribution in [0.4, 0.5) is 0 Å². The van der Waals surface area contributed by atoms with Crippen molar-refractivity contribution in [3.63, 3.8) is 0 Å². The zero-order valence-corrected chi connectivity index (χ0v) is 12.0. The van der Waals surface area contributed by atoms with Crippen LogP contribution in [0, 0.1) is 0 Å². The zero-order valence-electron chi connectivity index (χ0n) is 12.0. The van der Waals surface area contributed by atoms with Gasteiger partial charge in [0.15, 0.2) is 0 Å². The van der Waals surface area contributed by atoms with E-state index in [-0.39, 0.29) is 5.54 Å². The summed E-state index contributed by atoms with van der Waals surface area (Å²) in [5, 5.41) is 3.63. The van der Waals surface area contributed by atoms with Gasteiger partial charge in [-0.3, -0.25) is 9.88 Å². The van der Waals surface area contributed by atoms with Crippen molar-refractivity contribution in [1.82, 2.24) is 15.2 Å². The van der Waals surface area contributed by atoms with E-state index in [0.717, 1.165) is 13.1 Å². The van der Waals surface area contributed by atoms with Crippen molar-refractivity contribution in [2.24, 2.45) is 0 Å². The van der Waals surface area contributed by atoms with Gasteiger partial charge in [0.2, 0.25) is 0 Å². The van der Waals surface area contributed by atoms with E-state index < -0.39 is 0 Å². The van der Waals surface area contributed by atoms with Crippen LogP contribution in [-0.2, 0) is 0 Å². The molecule has 2 unspecified atom stereocenters. The highest BCUT2D eigenvalue weighted by molar-refractivity contribution is 5.10.